The molecule has 0 spiro atoms. The smallest absolute Gasteiger partial charge is 0.407 e. The summed E-state index contributed by atoms with van der Waals surface area (Å²) in [4.78, 5) is 49.7. The summed E-state index contributed by atoms with van der Waals surface area (Å²) in [6.07, 6.45) is 1.39. The van der Waals surface area contributed by atoms with E-state index in [1.165, 1.54) is 4.90 Å². The molecule has 1 saturated carbocycles. The van der Waals surface area contributed by atoms with Crippen molar-refractivity contribution in [1.82, 2.24) is 15.5 Å². The van der Waals surface area contributed by atoms with Gasteiger partial charge in [-0.05, 0) is 44.9 Å². The molecule has 0 aromatic heterocycles. The average Bonchev–Trinajstić information content (AvgIpc) is 2.95. The van der Waals surface area contributed by atoms with E-state index in [0.29, 0.717) is 37.1 Å². The van der Waals surface area contributed by atoms with Crippen LogP contribution in [0.5, 0.6) is 5.75 Å². The van der Waals surface area contributed by atoms with Gasteiger partial charge in [-0.2, -0.15) is 0 Å². The Morgan fingerprint density at radius 1 is 1.19 bits per heavy atom. The molecule has 1 aliphatic carbocycles. The molecule has 166 valence electrons. The Morgan fingerprint density at radius 2 is 1.94 bits per heavy atom. The normalized spacial score (nSPS) is 25.5. The first-order chi connectivity index (χ1) is 14.6. The molecule has 1 aromatic carbocycles. The minimum absolute atomic E-state index is 0.000995. The monoisotopic (exact) mass is 429 g/mol. The van der Waals surface area contributed by atoms with E-state index in [1.54, 1.807) is 6.07 Å². The van der Waals surface area contributed by atoms with Gasteiger partial charge in [-0.25, -0.2) is 4.79 Å². The maximum atomic E-state index is 12.9. The summed E-state index contributed by atoms with van der Waals surface area (Å²) in [5, 5.41) is 5.12. The minimum Gasteiger partial charge on any atom is -0.490 e. The number of carbonyl (C=O) groups is 4. The predicted molar refractivity (Wildman–Crippen MR) is 109 cm³/mol. The number of piperidine rings is 1. The van der Waals surface area contributed by atoms with E-state index in [-0.39, 0.29) is 30.4 Å². The maximum Gasteiger partial charge on any atom is 0.407 e. The molecule has 1 aromatic rings. The van der Waals surface area contributed by atoms with Crippen LogP contribution in [0.15, 0.2) is 18.2 Å². The third kappa shape index (κ3) is 4.65. The number of nitrogens with one attached hydrogen (secondary N) is 2. The van der Waals surface area contributed by atoms with Crippen LogP contribution in [-0.2, 0) is 20.9 Å². The predicted octanol–water partition coefficient (Wildman–Crippen LogP) is 1.88. The van der Waals surface area contributed by atoms with Crippen LogP contribution in [0.3, 0.4) is 0 Å². The highest BCUT2D eigenvalue weighted by molar-refractivity contribution is 6.05. The van der Waals surface area contributed by atoms with Gasteiger partial charge in [0.2, 0.25) is 11.8 Å². The molecule has 3 aliphatic rings. The van der Waals surface area contributed by atoms with Gasteiger partial charge in [0.1, 0.15) is 23.5 Å². The summed E-state index contributed by atoms with van der Waals surface area (Å²) in [5.74, 6) is -0.376. The van der Waals surface area contributed by atoms with E-state index in [1.807, 2.05) is 32.9 Å². The molecule has 0 bridgehead atoms. The van der Waals surface area contributed by atoms with Crippen molar-refractivity contribution >= 4 is 23.8 Å². The van der Waals surface area contributed by atoms with Crippen molar-refractivity contribution in [2.45, 2.75) is 76.8 Å². The zero-order valence-electron chi connectivity index (χ0n) is 17.9. The second-order valence-electron chi connectivity index (χ2n) is 9.27. The zero-order valence-corrected chi connectivity index (χ0v) is 17.9. The van der Waals surface area contributed by atoms with Crippen molar-refractivity contribution in [3.63, 3.8) is 0 Å². The van der Waals surface area contributed by atoms with Crippen LogP contribution in [0.1, 0.15) is 62.4 Å². The van der Waals surface area contributed by atoms with Gasteiger partial charge in [-0.1, -0.05) is 6.07 Å². The average molecular weight is 429 g/mol. The molecule has 4 amide bonds. The molecule has 1 atom stereocenters. The third-order valence-electron chi connectivity index (χ3n) is 5.62. The molecule has 9 nitrogen and oxygen atoms in total. The fourth-order valence-electron chi connectivity index (χ4n) is 4.05. The first-order valence-corrected chi connectivity index (χ1v) is 10.5. The summed E-state index contributed by atoms with van der Waals surface area (Å²) < 4.78 is 11.2. The number of hydrogen-bond donors (Lipinski definition) is 2. The van der Waals surface area contributed by atoms with Crippen LogP contribution in [0, 0.1) is 0 Å². The summed E-state index contributed by atoms with van der Waals surface area (Å²) in [5.41, 5.74) is 0.813. The number of alkyl carbamates (subject to hydrolysis) is 1. The lowest BCUT2D eigenvalue weighted by molar-refractivity contribution is -0.136. The number of benzene rings is 1. The second-order valence-corrected chi connectivity index (χ2v) is 9.27. The molecule has 2 N–H and O–H groups in total. The van der Waals surface area contributed by atoms with Gasteiger partial charge < -0.3 is 19.7 Å². The van der Waals surface area contributed by atoms with Crippen LogP contribution in [-0.4, -0.2) is 52.5 Å². The van der Waals surface area contributed by atoms with E-state index in [2.05, 4.69) is 10.6 Å². The summed E-state index contributed by atoms with van der Waals surface area (Å²) in [7, 11) is 0. The third-order valence-corrected chi connectivity index (χ3v) is 5.62. The number of imide groups is 1. The Kier molecular flexibility index (Phi) is 5.36. The lowest BCUT2D eigenvalue weighted by Crippen LogP contribution is -2.52. The van der Waals surface area contributed by atoms with Crippen molar-refractivity contribution in [1.29, 1.82) is 0 Å². The number of hydrogen-bond acceptors (Lipinski definition) is 6. The Balaban J connectivity index is 1.31. The van der Waals surface area contributed by atoms with Gasteiger partial charge in [-0.15, -0.1) is 0 Å². The Bertz CT molecular complexity index is 932. The fraction of sp³-hybridized carbons (Fsp3) is 0.545. The van der Waals surface area contributed by atoms with Crippen molar-refractivity contribution in [2.24, 2.45) is 0 Å². The number of fused-ring (bicyclic) bond motifs is 1. The van der Waals surface area contributed by atoms with E-state index in [0.717, 1.165) is 5.56 Å². The Hall–Kier alpha value is -3.10. The van der Waals surface area contributed by atoms with Crippen LogP contribution in [0.4, 0.5) is 4.79 Å². The summed E-state index contributed by atoms with van der Waals surface area (Å²) in [6.45, 7) is 5.78. The van der Waals surface area contributed by atoms with Crippen molar-refractivity contribution in [3.05, 3.63) is 29.3 Å². The molecular weight excluding hydrogens is 402 g/mol. The van der Waals surface area contributed by atoms with E-state index in [4.69, 9.17) is 9.47 Å². The van der Waals surface area contributed by atoms with Gasteiger partial charge >= 0.3 is 6.09 Å². The second kappa shape index (κ2) is 7.86. The van der Waals surface area contributed by atoms with E-state index < -0.39 is 23.6 Å². The SMILES string of the molecule is CC(C)(C)OC(=O)N[C@H]1C[C@H](Oc2ccc3c(c2)C(=O)N(C2CCC(=O)NC2=O)C3)C1. The molecular formula is C22H27N3O6. The highest BCUT2D eigenvalue weighted by Crippen LogP contribution is 2.32. The van der Waals surface area contributed by atoms with Crippen molar-refractivity contribution in [2.75, 3.05) is 0 Å². The highest BCUT2D eigenvalue weighted by atomic mass is 16.6. The van der Waals surface area contributed by atoms with E-state index in [9.17, 15) is 19.2 Å². The molecule has 1 saturated heterocycles. The molecule has 4 rings (SSSR count). The molecule has 2 aliphatic heterocycles. The number of nitrogens with zero attached hydrogens (tertiary/aromatic N) is 1. The van der Waals surface area contributed by atoms with E-state index >= 15 is 0 Å². The minimum atomic E-state index is -0.631. The Morgan fingerprint density at radius 3 is 2.61 bits per heavy atom. The Labute approximate surface area is 180 Å². The van der Waals surface area contributed by atoms with Gasteiger partial charge in [-0.3, -0.25) is 19.7 Å². The summed E-state index contributed by atoms with van der Waals surface area (Å²) in [6, 6.07) is 4.73. The number of carbonyl (C=O) groups excluding carboxylic acids is 4. The fourth-order valence-corrected chi connectivity index (χ4v) is 4.05. The highest BCUT2D eigenvalue weighted by Gasteiger charge is 2.39. The number of amides is 4. The molecule has 2 fully saturated rings. The van der Waals surface area contributed by atoms with Crippen molar-refractivity contribution < 1.29 is 28.7 Å². The first-order valence-electron chi connectivity index (χ1n) is 10.5. The van der Waals surface area contributed by atoms with Gasteiger partial charge in [0.05, 0.1) is 0 Å². The van der Waals surface area contributed by atoms with Crippen molar-refractivity contribution in [3.8, 4) is 5.75 Å². The number of rotatable bonds is 4. The van der Waals surface area contributed by atoms with Gasteiger partial charge in [0.25, 0.3) is 5.91 Å². The lowest BCUT2D eigenvalue weighted by atomic mass is 9.89. The van der Waals surface area contributed by atoms with Crippen LogP contribution >= 0.6 is 0 Å². The molecule has 0 radical (unpaired) electrons. The molecule has 1 unspecified atom stereocenters. The topological polar surface area (TPSA) is 114 Å². The van der Waals surface area contributed by atoms with Crippen LogP contribution in [0.2, 0.25) is 0 Å². The largest absolute Gasteiger partial charge is 0.490 e. The maximum absolute atomic E-state index is 12.9. The summed E-state index contributed by atoms with van der Waals surface area (Å²) >= 11 is 0. The molecule has 31 heavy (non-hydrogen) atoms. The lowest BCUT2D eigenvalue weighted by Gasteiger charge is -2.36. The number of ether oxygens (including phenoxy) is 2. The zero-order chi connectivity index (χ0) is 22.3. The van der Waals surface area contributed by atoms with Crippen LogP contribution < -0.4 is 15.4 Å². The molecule has 9 heteroatoms. The van der Waals surface area contributed by atoms with Crippen LogP contribution in [0.25, 0.3) is 0 Å². The molecule has 2 heterocycles. The first kappa shape index (κ1) is 21.1. The van der Waals surface area contributed by atoms with Gasteiger partial charge in [0, 0.05) is 37.4 Å². The standard InChI is InChI=1S/C22H27N3O6/c1-22(2,3)31-21(29)23-13-8-15(9-13)30-14-5-4-12-11-25(20(28)16(12)10-14)17-6-7-18(26)24-19(17)27/h4-5,10,13,15,17H,6-9,11H2,1-3H3,(H,23,29)(H,24,26,27)/t13-,15-,17?. The quantitative estimate of drug-likeness (QED) is 0.707. The van der Waals surface area contributed by atoms with Gasteiger partial charge in [0.15, 0.2) is 0 Å².